The van der Waals surface area contributed by atoms with E-state index in [1.807, 2.05) is 30.3 Å². The zero-order valence-electron chi connectivity index (χ0n) is 14.0. The Morgan fingerprint density at radius 3 is 1.62 bits per heavy atom. The second kappa shape index (κ2) is 10.2. The molecule has 2 nitrogen and oxygen atoms in total. The third-order valence-electron chi connectivity index (χ3n) is 3.50. The Morgan fingerprint density at radius 2 is 1.17 bits per heavy atom. The molecule has 0 saturated carbocycles. The largest absolute Gasteiger partial charge is 0.508 e. The van der Waals surface area contributed by atoms with E-state index in [1.54, 1.807) is 24.3 Å². The summed E-state index contributed by atoms with van der Waals surface area (Å²) in [5, 5.41) is 8.63. The quantitative estimate of drug-likeness (QED) is 0.698. The standard InChI is InChI=1S/C16H18O.C6H6O/c1-14(12-15-8-4-2-5-9-15)17-13-16-10-6-3-7-11-16;7-6-4-2-1-3-5-6/h2-11,14H,12-13H2,1H3;1-5,7H. The van der Waals surface area contributed by atoms with E-state index in [-0.39, 0.29) is 6.10 Å². The highest BCUT2D eigenvalue weighted by Crippen LogP contribution is 2.08. The monoisotopic (exact) mass is 320 g/mol. The number of rotatable bonds is 5. The molecular formula is C22H24O2. The van der Waals surface area contributed by atoms with Crippen LogP contribution in [0.15, 0.2) is 91.0 Å². The molecule has 0 aromatic heterocycles. The van der Waals surface area contributed by atoms with Gasteiger partial charge in [-0.25, -0.2) is 0 Å². The number of phenolic OH excluding ortho intramolecular Hbond substituents is 1. The summed E-state index contributed by atoms with van der Waals surface area (Å²) >= 11 is 0. The Balaban J connectivity index is 0.000000249. The molecule has 3 aromatic rings. The summed E-state index contributed by atoms with van der Waals surface area (Å²) in [5.41, 5.74) is 2.56. The molecule has 1 unspecified atom stereocenters. The first-order chi connectivity index (χ1) is 11.7. The zero-order chi connectivity index (χ0) is 17.0. The molecule has 0 fully saturated rings. The minimum atomic E-state index is 0.248. The molecule has 24 heavy (non-hydrogen) atoms. The highest BCUT2D eigenvalue weighted by atomic mass is 16.5. The maximum atomic E-state index is 8.63. The Labute approximate surface area is 144 Å². The molecule has 0 aliphatic heterocycles. The van der Waals surface area contributed by atoms with E-state index in [0.29, 0.717) is 12.4 Å². The van der Waals surface area contributed by atoms with Crippen molar-refractivity contribution in [2.24, 2.45) is 0 Å². The van der Waals surface area contributed by atoms with Crippen LogP contribution in [0.1, 0.15) is 18.1 Å². The van der Waals surface area contributed by atoms with Gasteiger partial charge in [0.1, 0.15) is 5.75 Å². The van der Waals surface area contributed by atoms with Crippen LogP contribution in [-0.4, -0.2) is 11.2 Å². The summed E-state index contributed by atoms with van der Waals surface area (Å²) in [5.74, 6) is 0.322. The van der Waals surface area contributed by atoms with Crippen molar-refractivity contribution in [2.75, 3.05) is 0 Å². The van der Waals surface area contributed by atoms with Crippen LogP contribution in [0.25, 0.3) is 0 Å². The van der Waals surface area contributed by atoms with E-state index in [4.69, 9.17) is 9.84 Å². The average molecular weight is 320 g/mol. The van der Waals surface area contributed by atoms with E-state index in [2.05, 4.69) is 43.3 Å². The minimum Gasteiger partial charge on any atom is -0.508 e. The molecule has 124 valence electrons. The van der Waals surface area contributed by atoms with Gasteiger partial charge in [-0.15, -0.1) is 0 Å². The van der Waals surface area contributed by atoms with Crippen LogP contribution < -0.4 is 0 Å². The van der Waals surface area contributed by atoms with Gasteiger partial charge in [0.05, 0.1) is 12.7 Å². The summed E-state index contributed by atoms with van der Waals surface area (Å²) in [6, 6.07) is 29.5. The maximum Gasteiger partial charge on any atom is 0.115 e. The smallest absolute Gasteiger partial charge is 0.115 e. The van der Waals surface area contributed by atoms with Crippen LogP contribution in [0.5, 0.6) is 5.75 Å². The van der Waals surface area contributed by atoms with Crippen molar-refractivity contribution in [3.05, 3.63) is 102 Å². The van der Waals surface area contributed by atoms with Crippen molar-refractivity contribution < 1.29 is 9.84 Å². The first-order valence-corrected chi connectivity index (χ1v) is 8.17. The van der Waals surface area contributed by atoms with Crippen molar-refractivity contribution in [3.63, 3.8) is 0 Å². The average Bonchev–Trinajstić information content (AvgIpc) is 2.63. The van der Waals surface area contributed by atoms with Gasteiger partial charge < -0.3 is 9.84 Å². The Bertz CT molecular complexity index is 666. The van der Waals surface area contributed by atoms with Gasteiger partial charge in [0.2, 0.25) is 0 Å². The first-order valence-electron chi connectivity index (χ1n) is 8.17. The fourth-order valence-corrected chi connectivity index (χ4v) is 2.25. The van der Waals surface area contributed by atoms with Crippen LogP contribution in [0.2, 0.25) is 0 Å². The van der Waals surface area contributed by atoms with Gasteiger partial charge in [0, 0.05) is 0 Å². The number of hydrogen-bond donors (Lipinski definition) is 1. The molecule has 0 radical (unpaired) electrons. The van der Waals surface area contributed by atoms with Crippen LogP contribution in [-0.2, 0) is 17.8 Å². The van der Waals surface area contributed by atoms with E-state index in [9.17, 15) is 0 Å². The van der Waals surface area contributed by atoms with Crippen molar-refractivity contribution in [1.29, 1.82) is 0 Å². The van der Waals surface area contributed by atoms with Crippen LogP contribution in [0.3, 0.4) is 0 Å². The predicted octanol–water partition coefficient (Wildman–Crippen LogP) is 5.23. The minimum absolute atomic E-state index is 0.248. The molecule has 3 aromatic carbocycles. The second-order valence-corrected chi connectivity index (χ2v) is 5.63. The summed E-state index contributed by atoms with van der Waals surface area (Å²) in [4.78, 5) is 0. The molecule has 0 aliphatic carbocycles. The fourth-order valence-electron chi connectivity index (χ4n) is 2.25. The number of benzene rings is 3. The Morgan fingerprint density at radius 1 is 0.708 bits per heavy atom. The number of hydrogen-bond acceptors (Lipinski definition) is 2. The normalized spacial score (nSPS) is 11.2. The van der Waals surface area contributed by atoms with Crippen molar-refractivity contribution in [1.82, 2.24) is 0 Å². The molecular weight excluding hydrogens is 296 g/mol. The lowest BCUT2D eigenvalue weighted by atomic mass is 10.1. The van der Waals surface area contributed by atoms with E-state index in [0.717, 1.165) is 6.42 Å². The van der Waals surface area contributed by atoms with Crippen molar-refractivity contribution >= 4 is 0 Å². The number of para-hydroxylation sites is 1. The molecule has 0 bridgehead atoms. The van der Waals surface area contributed by atoms with Crippen LogP contribution in [0.4, 0.5) is 0 Å². The van der Waals surface area contributed by atoms with Gasteiger partial charge >= 0.3 is 0 Å². The lowest BCUT2D eigenvalue weighted by Gasteiger charge is -2.13. The maximum absolute atomic E-state index is 8.63. The van der Waals surface area contributed by atoms with E-state index >= 15 is 0 Å². The third kappa shape index (κ3) is 7.12. The van der Waals surface area contributed by atoms with Crippen LogP contribution >= 0.6 is 0 Å². The Kier molecular flexibility index (Phi) is 7.58. The lowest BCUT2D eigenvalue weighted by molar-refractivity contribution is 0.0535. The fraction of sp³-hybridized carbons (Fsp3) is 0.182. The van der Waals surface area contributed by atoms with Gasteiger partial charge in [-0.2, -0.15) is 0 Å². The highest BCUT2D eigenvalue weighted by Gasteiger charge is 2.03. The molecule has 0 heterocycles. The molecule has 3 rings (SSSR count). The van der Waals surface area contributed by atoms with E-state index < -0.39 is 0 Å². The van der Waals surface area contributed by atoms with Gasteiger partial charge in [-0.05, 0) is 36.6 Å². The summed E-state index contributed by atoms with van der Waals surface area (Å²) in [6.45, 7) is 2.81. The lowest BCUT2D eigenvalue weighted by Crippen LogP contribution is -2.11. The molecule has 0 aliphatic rings. The van der Waals surface area contributed by atoms with E-state index in [1.165, 1.54) is 11.1 Å². The Hall–Kier alpha value is -2.58. The van der Waals surface area contributed by atoms with Crippen molar-refractivity contribution in [2.45, 2.75) is 26.1 Å². The second-order valence-electron chi connectivity index (χ2n) is 5.63. The number of ether oxygens (including phenoxy) is 1. The zero-order valence-corrected chi connectivity index (χ0v) is 14.0. The van der Waals surface area contributed by atoms with Crippen molar-refractivity contribution in [3.8, 4) is 5.75 Å². The molecule has 1 atom stereocenters. The third-order valence-corrected chi connectivity index (χ3v) is 3.50. The first kappa shape index (κ1) is 17.8. The van der Waals surface area contributed by atoms with Gasteiger partial charge in [-0.3, -0.25) is 0 Å². The predicted molar refractivity (Wildman–Crippen MR) is 98.9 cm³/mol. The highest BCUT2D eigenvalue weighted by molar-refractivity contribution is 5.18. The van der Waals surface area contributed by atoms with Gasteiger partial charge in [-0.1, -0.05) is 78.9 Å². The summed E-state index contributed by atoms with van der Waals surface area (Å²) < 4.78 is 5.83. The summed E-state index contributed by atoms with van der Waals surface area (Å²) in [7, 11) is 0. The molecule has 2 heteroatoms. The number of aromatic hydroxyl groups is 1. The van der Waals surface area contributed by atoms with Gasteiger partial charge in [0.15, 0.2) is 0 Å². The van der Waals surface area contributed by atoms with Gasteiger partial charge in [0.25, 0.3) is 0 Å². The molecule has 0 saturated heterocycles. The topological polar surface area (TPSA) is 29.5 Å². The van der Waals surface area contributed by atoms with Crippen LogP contribution in [0, 0.1) is 0 Å². The summed E-state index contributed by atoms with van der Waals surface area (Å²) in [6.07, 6.45) is 1.21. The molecule has 0 amide bonds. The number of phenols is 1. The molecule has 1 N–H and O–H groups in total. The SMILES string of the molecule is CC(Cc1ccccc1)OCc1ccccc1.Oc1ccccc1. The molecule has 0 spiro atoms.